The predicted octanol–water partition coefficient (Wildman–Crippen LogP) is 4.09. The molecular formula is C21H23FN2O3. The minimum atomic E-state index is -0.534. The summed E-state index contributed by atoms with van der Waals surface area (Å²) >= 11 is 0. The van der Waals surface area contributed by atoms with Gasteiger partial charge in [-0.15, -0.1) is 0 Å². The third-order valence-corrected chi connectivity index (χ3v) is 4.49. The van der Waals surface area contributed by atoms with Crippen LogP contribution in [0, 0.1) is 5.82 Å². The van der Waals surface area contributed by atoms with Gasteiger partial charge >= 0.3 is 0 Å². The Labute approximate surface area is 158 Å². The van der Waals surface area contributed by atoms with Crippen LogP contribution in [0.2, 0.25) is 0 Å². The largest absolute Gasteiger partial charge is 0.484 e. The summed E-state index contributed by atoms with van der Waals surface area (Å²) in [4.78, 5) is 25.3. The molecule has 0 aromatic heterocycles. The van der Waals surface area contributed by atoms with Crippen LogP contribution in [0.3, 0.4) is 0 Å². The fraction of sp³-hybridized carbons (Fsp3) is 0.333. The Hall–Kier alpha value is -2.89. The SMILES string of the molecule is CC(C)c1cccc(OCC(=O)Nc2ccc(N3CCCC3=O)c(F)c2)c1. The number of anilines is 2. The van der Waals surface area contributed by atoms with Crippen LogP contribution in [0.5, 0.6) is 5.75 Å². The average molecular weight is 370 g/mol. The van der Waals surface area contributed by atoms with Crippen LogP contribution in [0.15, 0.2) is 42.5 Å². The Bertz CT molecular complexity index is 851. The zero-order valence-electron chi connectivity index (χ0n) is 15.5. The van der Waals surface area contributed by atoms with Crippen molar-refractivity contribution in [3.05, 3.63) is 53.8 Å². The van der Waals surface area contributed by atoms with Crippen molar-refractivity contribution in [2.45, 2.75) is 32.6 Å². The first kappa shape index (κ1) is 18.9. The van der Waals surface area contributed by atoms with Crippen molar-refractivity contribution in [2.75, 3.05) is 23.4 Å². The lowest BCUT2D eigenvalue weighted by Gasteiger charge is -2.17. The number of hydrogen-bond acceptors (Lipinski definition) is 3. The second-order valence-electron chi connectivity index (χ2n) is 6.88. The molecule has 3 rings (SSSR count). The van der Waals surface area contributed by atoms with Gasteiger partial charge in [-0.25, -0.2) is 4.39 Å². The lowest BCUT2D eigenvalue weighted by Crippen LogP contribution is -2.25. The molecule has 1 fully saturated rings. The van der Waals surface area contributed by atoms with Gasteiger partial charge in [0.05, 0.1) is 5.69 Å². The van der Waals surface area contributed by atoms with Crippen LogP contribution in [0.1, 0.15) is 38.2 Å². The van der Waals surface area contributed by atoms with Gasteiger partial charge < -0.3 is 15.0 Å². The van der Waals surface area contributed by atoms with Gasteiger partial charge in [0.25, 0.3) is 5.91 Å². The van der Waals surface area contributed by atoms with E-state index < -0.39 is 5.82 Å². The molecular weight excluding hydrogens is 347 g/mol. The molecule has 1 heterocycles. The zero-order chi connectivity index (χ0) is 19.4. The first-order chi connectivity index (χ1) is 12.9. The van der Waals surface area contributed by atoms with Crippen LogP contribution < -0.4 is 15.0 Å². The predicted molar refractivity (Wildman–Crippen MR) is 103 cm³/mol. The third-order valence-electron chi connectivity index (χ3n) is 4.49. The Morgan fingerprint density at radius 1 is 1.26 bits per heavy atom. The number of nitrogens with one attached hydrogen (secondary N) is 1. The molecule has 1 saturated heterocycles. The molecule has 6 heteroatoms. The maximum absolute atomic E-state index is 14.3. The van der Waals surface area contributed by atoms with Crippen molar-refractivity contribution >= 4 is 23.2 Å². The van der Waals surface area contributed by atoms with E-state index in [1.807, 2.05) is 18.2 Å². The Morgan fingerprint density at radius 2 is 2.07 bits per heavy atom. The van der Waals surface area contributed by atoms with Crippen molar-refractivity contribution in [2.24, 2.45) is 0 Å². The molecule has 2 amide bonds. The summed E-state index contributed by atoms with van der Waals surface area (Å²) in [5.74, 6) is -0.0116. The van der Waals surface area contributed by atoms with Crippen molar-refractivity contribution in [3.8, 4) is 5.75 Å². The quantitative estimate of drug-likeness (QED) is 0.833. The van der Waals surface area contributed by atoms with E-state index in [-0.39, 0.29) is 24.1 Å². The standard InChI is InChI=1S/C21H23FN2O3/c1-14(2)15-5-3-6-17(11-15)27-13-20(25)23-16-8-9-19(18(22)12-16)24-10-4-7-21(24)26/h3,5-6,8-9,11-12,14H,4,7,10,13H2,1-2H3,(H,23,25). The van der Waals surface area contributed by atoms with E-state index in [0.717, 1.165) is 12.0 Å². The van der Waals surface area contributed by atoms with Gasteiger partial charge in [-0.3, -0.25) is 9.59 Å². The molecule has 0 aliphatic carbocycles. The minimum Gasteiger partial charge on any atom is -0.484 e. The van der Waals surface area contributed by atoms with Gasteiger partial charge in [0.1, 0.15) is 11.6 Å². The van der Waals surface area contributed by atoms with Gasteiger partial charge in [0, 0.05) is 18.7 Å². The molecule has 27 heavy (non-hydrogen) atoms. The van der Waals surface area contributed by atoms with Crippen LogP contribution in [-0.2, 0) is 9.59 Å². The van der Waals surface area contributed by atoms with E-state index in [9.17, 15) is 14.0 Å². The van der Waals surface area contributed by atoms with Crippen LogP contribution in [0.4, 0.5) is 15.8 Å². The molecule has 0 saturated carbocycles. The lowest BCUT2D eigenvalue weighted by molar-refractivity contribution is -0.118. The highest BCUT2D eigenvalue weighted by Crippen LogP contribution is 2.27. The number of nitrogens with zero attached hydrogens (tertiary/aromatic N) is 1. The first-order valence-corrected chi connectivity index (χ1v) is 9.06. The molecule has 0 unspecified atom stereocenters. The van der Waals surface area contributed by atoms with Gasteiger partial charge in [-0.1, -0.05) is 26.0 Å². The summed E-state index contributed by atoms with van der Waals surface area (Å²) in [6.07, 6.45) is 1.17. The second-order valence-corrected chi connectivity index (χ2v) is 6.88. The van der Waals surface area contributed by atoms with Crippen LogP contribution >= 0.6 is 0 Å². The molecule has 0 atom stereocenters. The number of carbonyl (C=O) groups is 2. The van der Waals surface area contributed by atoms with Crippen LogP contribution in [0.25, 0.3) is 0 Å². The second kappa shape index (κ2) is 8.20. The van der Waals surface area contributed by atoms with Crippen molar-refractivity contribution in [1.82, 2.24) is 0 Å². The summed E-state index contributed by atoms with van der Waals surface area (Å²) in [6, 6.07) is 11.9. The van der Waals surface area contributed by atoms with Crippen molar-refractivity contribution in [3.63, 3.8) is 0 Å². The summed E-state index contributed by atoms with van der Waals surface area (Å²) in [7, 11) is 0. The van der Waals surface area contributed by atoms with Gasteiger partial charge in [0.15, 0.2) is 6.61 Å². The smallest absolute Gasteiger partial charge is 0.262 e. The Morgan fingerprint density at radius 3 is 2.74 bits per heavy atom. The molecule has 1 aliphatic heterocycles. The van der Waals surface area contributed by atoms with Crippen LogP contribution in [-0.4, -0.2) is 25.0 Å². The normalized spacial score (nSPS) is 13.9. The molecule has 0 bridgehead atoms. The molecule has 0 radical (unpaired) electrons. The highest BCUT2D eigenvalue weighted by Gasteiger charge is 2.24. The van der Waals surface area contributed by atoms with E-state index in [4.69, 9.17) is 4.74 Å². The van der Waals surface area contributed by atoms with Gasteiger partial charge in [-0.05, 0) is 48.2 Å². The number of rotatable bonds is 6. The highest BCUT2D eigenvalue weighted by atomic mass is 19.1. The van der Waals surface area contributed by atoms with E-state index in [2.05, 4.69) is 19.2 Å². The fourth-order valence-electron chi connectivity index (χ4n) is 3.02. The fourth-order valence-corrected chi connectivity index (χ4v) is 3.02. The van der Waals surface area contributed by atoms with Gasteiger partial charge in [-0.2, -0.15) is 0 Å². The van der Waals surface area contributed by atoms with Crippen molar-refractivity contribution < 1.29 is 18.7 Å². The minimum absolute atomic E-state index is 0.0808. The molecule has 0 spiro atoms. The topological polar surface area (TPSA) is 58.6 Å². The third kappa shape index (κ3) is 4.64. The molecule has 1 N–H and O–H groups in total. The van der Waals surface area contributed by atoms with E-state index in [1.165, 1.54) is 17.0 Å². The van der Waals surface area contributed by atoms with Gasteiger partial charge in [0.2, 0.25) is 5.91 Å². The Balaban J connectivity index is 1.58. The summed E-state index contributed by atoms with van der Waals surface area (Å²) in [5, 5.41) is 2.61. The maximum atomic E-state index is 14.3. The first-order valence-electron chi connectivity index (χ1n) is 9.06. The highest BCUT2D eigenvalue weighted by molar-refractivity contribution is 5.96. The molecule has 142 valence electrons. The number of carbonyl (C=O) groups excluding carboxylic acids is 2. The molecule has 2 aromatic carbocycles. The maximum Gasteiger partial charge on any atom is 0.262 e. The Kier molecular flexibility index (Phi) is 5.74. The number of halogens is 1. The lowest BCUT2D eigenvalue weighted by atomic mass is 10.0. The number of amides is 2. The molecule has 1 aliphatic rings. The summed E-state index contributed by atoms with van der Waals surface area (Å²) in [6.45, 7) is 4.51. The monoisotopic (exact) mass is 370 g/mol. The summed E-state index contributed by atoms with van der Waals surface area (Å²) in [5.41, 5.74) is 1.70. The van der Waals surface area contributed by atoms with E-state index in [1.54, 1.807) is 12.1 Å². The number of benzene rings is 2. The number of hydrogen-bond donors (Lipinski definition) is 1. The number of ether oxygens (including phenoxy) is 1. The van der Waals surface area contributed by atoms with Crippen molar-refractivity contribution in [1.29, 1.82) is 0 Å². The zero-order valence-corrected chi connectivity index (χ0v) is 15.5. The molecule has 2 aromatic rings. The molecule has 5 nitrogen and oxygen atoms in total. The summed E-state index contributed by atoms with van der Waals surface area (Å²) < 4.78 is 19.8. The average Bonchev–Trinajstić information content (AvgIpc) is 3.06. The van der Waals surface area contributed by atoms with E-state index in [0.29, 0.717) is 30.3 Å². The van der Waals surface area contributed by atoms with E-state index >= 15 is 0 Å².